The summed E-state index contributed by atoms with van der Waals surface area (Å²) in [7, 11) is 0. The van der Waals surface area contributed by atoms with Gasteiger partial charge in [0.25, 0.3) is 5.91 Å². The largest absolute Gasteiger partial charge is 0.385 e. The van der Waals surface area contributed by atoms with Crippen molar-refractivity contribution in [3.8, 4) is 0 Å². The zero-order valence-corrected chi connectivity index (χ0v) is 13.5. The zero-order chi connectivity index (χ0) is 15.2. The van der Waals surface area contributed by atoms with Crippen molar-refractivity contribution in [2.75, 3.05) is 18.4 Å². The molecule has 116 valence electrons. The number of nitrogens with one attached hydrogen (secondary N) is 1. The number of hydrogen-bond acceptors (Lipinski definition) is 3. The molecule has 0 radical (unpaired) electrons. The number of carbonyl (C=O) groups is 1. The molecule has 2 heterocycles. The molecule has 0 aliphatic carbocycles. The molecule has 1 saturated heterocycles. The van der Waals surface area contributed by atoms with Gasteiger partial charge in [-0.2, -0.15) is 0 Å². The fourth-order valence-electron chi connectivity index (χ4n) is 3.09. The highest BCUT2D eigenvalue weighted by Gasteiger charge is 2.26. The first-order valence-electron chi connectivity index (χ1n) is 8.18. The van der Waals surface area contributed by atoms with Crippen molar-refractivity contribution in [2.24, 2.45) is 0 Å². The zero-order valence-electron chi connectivity index (χ0n) is 13.5. The second kappa shape index (κ2) is 7.43. The van der Waals surface area contributed by atoms with Crippen LogP contribution in [0.25, 0.3) is 0 Å². The molecule has 1 N–H and O–H groups in total. The number of hydrogen-bond donors (Lipinski definition) is 1. The lowest BCUT2D eigenvalue weighted by Gasteiger charge is -2.30. The number of amides is 1. The predicted octanol–water partition coefficient (Wildman–Crippen LogP) is 3.62. The van der Waals surface area contributed by atoms with Crippen LogP contribution < -0.4 is 5.32 Å². The Kier molecular flexibility index (Phi) is 5.59. The third-order valence-electron chi connectivity index (χ3n) is 4.25. The Morgan fingerprint density at radius 3 is 2.90 bits per heavy atom. The van der Waals surface area contributed by atoms with Gasteiger partial charge >= 0.3 is 0 Å². The van der Waals surface area contributed by atoms with E-state index in [4.69, 9.17) is 0 Å². The Labute approximate surface area is 127 Å². The van der Waals surface area contributed by atoms with Crippen molar-refractivity contribution >= 4 is 11.6 Å². The third kappa shape index (κ3) is 3.74. The number of carbonyl (C=O) groups excluding carboxylic acids is 1. The molecule has 0 spiro atoms. The fraction of sp³-hybridized carbons (Fsp3) is 0.647. The molecule has 0 bridgehead atoms. The van der Waals surface area contributed by atoms with E-state index >= 15 is 0 Å². The summed E-state index contributed by atoms with van der Waals surface area (Å²) in [5.74, 6) is 0.132. The van der Waals surface area contributed by atoms with E-state index in [0.717, 1.165) is 43.7 Å². The molecule has 1 amide bonds. The molecule has 21 heavy (non-hydrogen) atoms. The summed E-state index contributed by atoms with van der Waals surface area (Å²) in [6.07, 6.45) is 7.45. The fourth-order valence-corrected chi connectivity index (χ4v) is 3.09. The van der Waals surface area contributed by atoms with Crippen LogP contribution in [0.2, 0.25) is 0 Å². The number of anilines is 1. The van der Waals surface area contributed by atoms with Gasteiger partial charge in [0, 0.05) is 31.0 Å². The first-order chi connectivity index (χ1) is 10.2. The monoisotopic (exact) mass is 289 g/mol. The van der Waals surface area contributed by atoms with Crippen molar-refractivity contribution in [2.45, 2.75) is 58.9 Å². The maximum atomic E-state index is 13.0. The molecule has 0 aromatic carbocycles. The van der Waals surface area contributed by atoms with Crippen molar-refractivity contribution < 1.29 is 4.79 Å². The quantitative estimate of drug-likeness (QED) is 0.921. The van der Waals surface area contributed by atoms with Crippen molar-refractivity contribution in [3.63, 3.8) is 0 Å². The number of aryl methyl sites for hydroxylation is 1. The molecule has 4 nitrogen and oxygen atoms in total. The number of rotatable bonds is 4. The summed E-state index contributed by atoms with van der Waals surface area (Å²) < 4.78 is 0. The van der Waals surface area contributed by atoms with Crippen LogP contribution >= 0.6 is 0 Å². The molecule has 1 aliphatic heterocycles. The normalized spacial score (nSPS) is 19.2. The third-order valence-corrected chi connectivity index (χ3v) is 4.25. The van der Waals surface area contributed by atoms with Crippen LogP contribution in [0.1, 0.15) is 62.0 Å². The van der Waals surface area contributed by atoms with Gasteiger partial charge in [0.2, 0.25) is 0 Å². The summed E-state index contributed by atoms with van der Waals surface area (Å²) >= 11 is 0. The van der Waals surface area contributed by atoms with E-state index in [1.807, 2.05) is 19.9 Å². The second-order valence-corrected chi connectivity index (χ2v) is 5.81. The Morgan fingerprint density at radius 2 is 2.19 bits per heavy atom. The number of likely N-dealkylation sites (tertiary alicyclic amines) is 1. The van der Waals surface area contributed by atoms with Gasteiger partial charge in [-0.3, -0.25) is 9.78 Å². The SMILES string of the molecule is CCNc1cc(C)ncc1C(=O)N1CCCCCC1CC. The van der Waals surface area contributed by atoms with Crippen LogP contribution in [-0.2, 0) is 0 Å². The van der Waals surface area contributed by atoms with Gasteiger partial charge in [-0.25, -0.2) is 0 Å². The van der Waals surface area contributed by atoms with Gasteiger partial charge in [-0.05, 0) is 39.2 Å². The van der Waals surface area contributed by atoms with Gasteiger partial charge in [-0.15, -0.1) is 0 Å². The Hall–Kier alpha value is -1.58. The van der Waals surface area contributed by atoms with E-state index in [9.17, 15) is 4.79 Å². The summed E-state index contributed by atoms with van der Waals surface area (Å²) in [5.41, 5.74) is 2.56. The van der Waals surface area contributed by atoms with E-state index in [1.54, 1.807) is 6.20 Å². The molecule has 4 heteroatoms. The molecular formula is C17H27N3O. The lowest BCUT2D eigenvalue weighted by molar-refractivity contribution is 0.0679. The van der Waals surface area contributed by atoms with E-state index in [1.165, 1.54) is 12.8 Å². The predicted molar refractivity (Wildman–Crippen MR) is 86.7 cm³/mol. The van der Waals surface area contributed by atoms with E-state index in [-0.39, 0.29) is 5.91 Å². The van der Waals surface area contributed by atoms with Crippen molar-refractivity contribution in [3.05, 3.63) is 23.5 Å². The first kappa shape index (κ1) is 15.8. The van der Waals surface area contributed by atoms with Gasteiger partial charge in [-0.1, -0.05) is 19.8 Å². The minimum Gasteiger partial charge on any atom is -0.385 e. The molecule has 2 rings (SSSR count). The lowest BCUT2D eigenvalue weighted by atomic mass is 10.1. The molecular weight excluding hydrogens is 262 g/mol. The van der Waals surface area contributed by atoms with Crippen molar-refractivity contribution in [1.29, 1.82) is 0 Å². The van der Waals surface area contributed by atoms with E-state index in [0.29, 0.717) is 11.6 Å². The van der Waals surface area contributed by atoms with Crippen LogP contribution in [0.3, 0.4) is 0 Å². The summed E-state index contributed by atoms with van der Waals surface area (Å²) in [4.78, 5) is 19.4. The highest BCUT2D eigenvalue weighted by atomic mass is 16.2. The average Bonchev–Trinajstić information content (AvgIpc) is 2.72. The Morgan fingerprint density at radius 1 is 1.38 bits per heavy atom. The molecule has 1 unspecified atom stereocenters. The van der Waals surface area contributed by atoms with Crippen LogP contribution in [0.4, 0.5) is 5.69 Å². The lowest BCUT2D eigenvalue weighted by Crippen LogP contribution is -2.40. The molecule has 1 fully saturated rings. The standard InChI is InChI=1S/C17H27N3O/c1-4-14-9-7-6-8-10-20(14)17(21)15-12-19-13(3)11-16(15)18-5-2/h11-12,14H,4-10H2,1-3H3,(H,18,19). The highest BCUT2D eigenvalue weighted by Crippen LogP contribution is 2.24. The molecule has 1 aliphatic rings. The van der Waals surface area contributed by atoms with Crippen LogP contribution in [0.5, 0.6) is 0 Å². The van der Waals surface area contributed by atoms with Gasteiger partial charge in [0.15, 0.2) is 0 Å². The van der Waals surface area contributed by atoms with E-state index in [2.05, 4.69) is 22.1 Å². The topological polar surface area (TPSA) is 45.2 Å². The van der Waals surface area contributed by atoms with Crippen LogP contribution in [0, 0.1) is 6.92 Å². The maximum absolute atomic E-state index is 13.0. The summed E-state index contributed by atoms with van der Waals surface area (Å²) in [6, 6.07) is 2.34. The molecule has 0 saturated carbocycles. The number of aromatic nitrogens is 1. The minimum atomic E-state index is 0.132. The highest BCUT2D eigenvalue weighted by molar-refractivity contribution is 5.99. The molecule has 1 atom stereocenters. The Balaban J connectivity index is 2.28. The van der Waals surface area contributed by atoms with Crippen molar-refractivity contribution in [1.82, 2.24) is 9.88 Å². The summed E-state index contributed by atoms with van der Waals surface area (Å²) in [6.45, 7) is 7.85. The first-order valence-corrected chi connectivity index (χ1v) is 8.18. The molecule has 1 aromatic rings. The Bertz CT molecular complexity index is 487. The smallest absolute Gasteiger partial charge is 0.257 e. The average molecular weight is 289 g/mol. The summed E-state index contributed by atoms with van der Waals surface area (Å²) in [5, 5.41) is 3.30. The minimum absolute atomic E-state index is 0.132. The van der Waals surface area contributed by atoms with Crippen LogP contribution in [-0.4, -0.2) is 34.9 Å². The second-order valence-electron chi connectivity index (χ2n) is 5.81. The number of nitrogens with zero attached hydrogens (tertiary/aromatic N) is 2. The van der Waals surface area contributed by atoms with Crippen LogP contribution in [0.15, 0.2) is 12.3 Å². The maximum Gasteiger partial charge on any atom is 0.257 e. The number of pyridine rings is 1. The van der Waals surface area contributed by atoms with Gasteiger partial charge in [0.1, 0.15) is 0 Å². The van der Waals surface area contributed by atoms with E-state index < -0.39 is 0 Å². The van der Waals surface area contributed by atoms with Gasteiger partial charge < -0.3 is 10.2 Å². The molecule has 1 aromatic heterocycles. The van der Waals surface area contributed by atoms with Gasteiger partial charge in [0.05, 0.1) is 11.3 Å².